The molecule has 68 valence electrons. The Morgan fingerprint density at radius 2 is 1.91 bits per heavy atom. The van der Waals surface area contributed by atoms with E-state index in [0.717, 1.165) is 19.7 Å². The molecule has 0 aromatic carbocycles. The van der Waals surface area contributed by atoms with Gasteiger partial charge in [0.15, 0.2) is 0 Å². The van der Waals surface area contributed by atoms with Gasteiger partial charge in [-0.05, 0) is 19.4 Å². The van der Waals surface area contributed by atoms with Gasteiger partial charge in [0.1, 0.15) is 0 Å². The molecule has 0 fully saturated rings. The summed E-state index contributed by atoms with van der Waals surface area (Å²) in [6.45, 7) is 11.4. The van der Waals surface area contributed by atoms with E-state index in [9.17, 15) is 0 Å². The monoisotopic (exact) mass is 159 g/mol. The molecule has 0 rings (SSSR count). The molecule has 2 nitrogen and oxygen atoms in total. The van der Waals surface area contributed by atoms with Crippen molar-refractivity contribution in [2.45, 2.75) is 33.8 Å². The Morgan fingerprint density at radius 3 is 2.36 bits per heavy atom. The lowest BCUT2D eigenvalue weighted by Crippen LogP contribution is -2.27. The number of ether oxygens (including phenoxy) is 1. The summed E-state index contributed by atoms with van der Waals surface area (Å²) in [5.41, 5.74) is 0. The van der Waals surface area contributed by atoms with Crippen LogP contribution in [0.5, 0.6) is 0 Å². The molecule has 0 spiro atoms. The van der Waals surface area contributed by atoms with Gasteiger partial charge in [0.2, 0.25) is 0 Å². The molecule has 0 aromatic heterocycles. The minimum absolute atomic E-state index is 0.345. The van der Waals surface area contributed by atoms with Crippen molar-refractivity contribution in [2.24, 2.45) is 5.92 Å². The van der Waals surface area contributed by atoms with E-state index >= 15 is 0 Å². The van der Waals surface area contributed by atoms with Gasteiger partial charge in [-0.1, -0.05) is 20.8 Å². The van der Waals surface area contributed by atoms with E-state index in [1.54, 1.807) is 0 Å². The SMILES string of the molecule is CCNCC(C)OCC(C)C. The molecule has 0 aliphatic heterocycles. The van der Waals surface area contributed by atoms with Crippen molar-refractivity contribution in [2.75, 3.05) is 19.7 Å². The van der Waals surface area contributed by atoms with Crippen LogP contribution in [-0.4, -0.2) is 25.8 Å². The Balaban J connectivity index is 3.15. The highest BCUT2D eigenvalue weighted by atomic mass is 16.5. The van der Waals surface area contributed by atoms with Crippen LogP contribution in [0.25, 0.3) is 0 Å². The maximum atomic E-state index is 5.54. The van der Waals surface area contributed by atoms with Gasteiger partial charge >= 0.3 is 0 Å². The summed E-state index contributed by atoms with van der Waals surface area (Å²) >= 11 is 0. The van der Waals surface area contributed by atoms with Gasteiger partial charge < -0.3 is 10.1 Å². The lowest BCUT2D eigenvalue weighted by molar-refractivity contribution is 0.0481. The zero-order chi connectivity index (χ0) is 8.69. The smallest absolute Gasteiger partial charge is 0.0671 e. The van der Waals surface area contributed by atoms with Crippen molar-refractivity contribution in [3.63, 3.8) is 0 Å². The van der Waals surface area contributed by atoms with E-state index in [2.05, 4.69) is 33.0 Å². The fraction of sp³-hybridized carbons (Fsp3) is 1.00. The first-order valence-corrected chi connectivity index (χ1v) is 4.49. The topological polar surface area (TPSA) is 21.3 Å². The second-order valence-corrected chi connectivity index (χ2v) is 3.35. The molecule has 1 N–H and O–H groups in total. The molecule has 0 aliphatic carbocycles. The zero-order valence-electron chi connectivity index (χ0n) is 8.18. The van der Waals surface area contributed by atoms with Crippen LogP contribution < -0.4 is 5.32 Å². The summed E-state index contributed by atoms with van der Waals surface area (Å²) in [6, 6.07) is 0. The second kappa shape index (κ2) is 6.62. The third-order valence-electron chi connectivity index (χ3n) is 1.40. The van der Waals surface area contributed by atoms with Crippen LogP contribution in [0, 0.1) is 5.92 Å². The number of likely N-dealkylation sites (N-methyl/N-ethyl adjacent to an activating group) is 1. The van der Waals surface area contributed by atoms with Gasteiger partial charge in [-0.25, -0.2) is 0 Å². The van der Waals surface area contributed by atoms with Crippen LogP contribution in [0.1, 0.15) is 27.7 Å². The van der Waals surface area contributed by atoms with Crippen molar-refractivity contribution in [1.82, 2.24) is 5.32 Å². The average molecular weight is 159 g/mol. The quantitative estimate of drug-likeness (QED) is 0.636. The van der Waals surface area contributed by atoms with Crippen molar-refractivity contribution in [1.29, 1.82) is 0 Å². The zero-order valence-corrected chi connectivity index (χ0v) is 8.18. The van der Waals surface area contributed by atoms with Gasteiger partial charge in [0, 0.05) is 13.2 Å². The van der Waals surface area contributed by atoms with Crippen molar-refractivity contribution in [3.05, 3.63) is 0 Å². The van der Waals surface area contributed by atoms with Gasteiger partial charge in [-0.15, -0.1) is 0 Å². The molecule has 0 saturated carbocycles. The van der Waals surface area contributed by atoms with E-state index in [0.29, 0.717) is 12.0 Å². The standard InChI is InChI=1S/C9H21NO/c1-5-10-6-9(4)11-7-8(2)3/h8-10H,5-7H2,1-4H3. The van der Waals surface area contributed by atoms with Crippen molar-refractivity contribution < 1.29 is 4.74 Å². The average Bonchev–Trinajstić information content (AvgIpc) is 1.97. The summed E-state index contributed by atoms with van der Waals surface area (Å²) in [6.07, 6.45) is 0.345. The molecular formula is C9H21NO. The highest BCUT2D eigenvalue weighted by Crippen LogP contribution is 1.96. The summed E-state index contributed by atoms with van der Waals surface area (Å²) < 4.78 is 5.54. The number of hydrogen-bond donors (Lipinski definition) is 1. The molecule has 11 heavy (non-hydrogen) atoms. The molecule has 0 saturated heterocycles. The molecule has 0 heterocycles. The summed E-state index contributed by atoms with van der Waals surface area (Å²) in [4.78, 5) is 0. The summed E-state index contributed by atoms with van der Waals surface area (Å²) in [5.74, 6) is 0.638. The molecule has 1 unspecified atom stereocenters. The number of nitrogens with one attached hydrogen (secondary N) is 1. The van der Waals surface area contributed by atoms with Crippen LogP contribution in [-0.2, 0) is 4.74 Å². The van der Waals surface area contributed by atoms with Crippen molar-refractivity contribution in [3.8, 4) is 0 Å². The molecular weight excluding hydrogens is 138 g/mol. The van der Waals surface area contributed by atoms with Crippen LogP contribution in [0.4, 0.5) is 0 Å². The molecule has 2 heteroatoms. The summed E-state index contributed by atoms with van der Waals surface area (Å²) in [7, 11) is 0. The normalized spacial score (nSPS) is 13.9. The predicted molar refractivity (Wildman–Crippen MR) is 48.8 cm³/mol. The predicted octanol–water partition coefficient (Wildman–Crippen LogP) is 1.66. The number of hydrogen-bond acceptors (Lipinski definition) is 2. The third-order valence-corrected chi connectivity index (χ3v) is 1.40. The maximum absolute atomic E-state index is 5.54. The Kier molecular flexibility index (Phi) is 6.57. The molecule has 0 aromatic rings. The first-order chi connectivity index (χ1) is 5.16. The summed E-state index contributed by atoms with van der Waals surface area (Å²) in [5, 5.41) is 3.25. The van der Waals surface area contributed by atoms with E-state index in [4.69, 9.17) is 4.74 Å². The molecule has 0 amide bonds. The highest BCUT2D eigenvalue weighted by molar-refractivity contribution is 4.54. The highest BCUT2D eigenvalue weighted by Gasteiger charge is 2.01. The Hall–Kier alpha value is -0.0800. The fourth-order valence-corrected chi connectivity index (χ4v) is 0.763. The largest absolute Gasteiger partial charge is 0.377 e. The van der Waals surface area contributed by atoms with Crippen LogP contribution in [0.3, 0.4) is 0 Å². The van der Waals surface area contributed by atoms with Crippen LogP contribution in [0.2, 0.25) is 0 Å². The second-order valence-electron chi connectivity index (χ2n) is 3.35. The van der Waals surface area contributed by atoms with Crippen LogP contribution in [0.15, 0.2) is 0 Å². The van der Waals surface area contributed by atoms with Gasteiger partial charge in [-0.3, -0.25) is 0 Å². The minimum Gasteiger partial charge on any atom is -0.377 e. The lowest BCUT2D eigenvalue weighted by atomic mass is 10.2. The number of rotatable bonds is 6. The lowest BCUT2D eigenvalue weighted by Gasteiger charge is -2.14. The van der Waals surface area contributed by atoms with Crippen molar-refractivity contribution >= 4 is 0 Å². The van der Waals surface area contributed by atoms with E-state index in [-0.39, 0.29) is 0 Å². The first kappa shape index (κ1) is 10.9. The van der Waals surface area contributed by atoms with Gasteiger partial charge in [-0.2, -0.15) is 0 Å². The maximum Gasteiger partial charge on any atom is 0.0671 e. The van der Waals surface area contributed by atoms with Crippen LogP contribution >= 0.6 is 0 Å². The molecule has 0 aliphatic rings. The first-order valence-electron chi connectivity index (χ1n) is 4.49. The van der Waals surface area contributed by atoms with E-state index in [1.165, 1.54) is 0 Å². The Bertz CT molecular complexity index is 83.6. The van der Waals surface area contributed by atoms with Gasteiger partial charge in [0.05, 0.1) is 6.10 Å². The van der Waals surface area contributed by atoms with E-state index in [1.807, 2.05) is 0 Å². The van der Waals surface area contributed by atoms with E-state index < -0.39 is 0 Å². The van der Waals surface area contributed by atoms with Gasteiger partial charge in [0.25, 0.3) is 0 Å². The molecule has 1 atom stereocenters. The molecule has 0 bridgehead atoms. The Morgan fingerprint density at radius 1 is 1.27 bits per heavy atom. The Labute approximate surface area is 70.3 Å². The fourth-order valence-electron chi connectivity index (χ4n) is 0.763. The third kappa shape index (κ3) is 7.82. The minimum atomic E-state index is 0.345. The molecule has 0 radical (unpaired) electrons.